The Morgan fingerprint density at radius 3 is 2.92 bits per heavy atom. The quantitative estimate of drug-likeness (QED) is 0.915. The third-order valence-electron chi connectivity index (χ3n) is 4.24. The summed E-state index contributed by atoms with van der Waals surface area (Å²) in [7, 11) is 0. The molecule has 1 aliphatic rings. The molecular weight excluding hydrogens is 302 g/mol. The zero-order valence-electron chi connectivity index (χ0n) is 13.9. The minimum absolute atomic E-state index is 0.0656. The summed E-state index contributed by atoms with van der Waals surface area (Å²) in [6, 6.07) is 14.0. The number of benzene rings is 1. The van der Waals surface area contributed by atoms with Gasteiger partial charge in [0.1, 0.15) is 6.10 Å². The second-order valence-electron chi connectivity index (χ2n) is 6.10. The molecule has 2 atom stereocenters. The van der Waals surface area contributed by atoms with Crippen LogP contribution in [-0.2, 0) is 16.1 Å². The van der Waals surface area contributed by atoms with Gasteiger partial charge in [0.05, 0.1) is 12.6 Å². The molecule has 0 unspecified atom stereocenters. The summed E-state index contributed by atoms with van der Waals surface area (Å²) in [5.74, 6) is -0.0656. The first-order valence-electron chi connectivity index (χ1n) is 8.30. The van der Waals surface area contributed by atoms with Crippen molar-refractivity contribution in [2.24, 2.45) is 0 Å². The van der Waals surface area contributed by atoms with Crippen LogP contribution in [0.15, 0.2) is 54.9 Å². The molecule has 0 spiro atoms. The Morgan fingerprint density at radius 1 is 1.33 bits per heavy atom. The summed E-state index contributed by atoms with van der Waals surface area (Å²) < 4.78 is 5.68. The Bertz CT molecular complexity index is 648. The van der Waals surface area contributed by atoms with E-state index in [1.54, 1.807) is 12.4 Å². The van der Waals surface area contributed by atoms with Crippen LogP contribution in [0.1, 0.15) is 24.1 Å². The molecule has 1 aromatic heterocycles. The topological polar surface area (TPSA) is 54.5 Å². The van der Waals surface area contributed by atoms with Gasteiger partial charge in [-0.1, -0.05) is 36.4 Å². The predicted octanol–water partition coefficient (Wildman–Crippen LogP) is 2.16. The van der Waals surface area contributed by atoms with Gasteiger partial charge in [-0.05, 0) is 24.1 Å². The van der Waals surface area contributed by atoms with E-state index in [-0.39, 0.29) is 11.9 Å². The number of rotatable bonds is 5. The lowest BCUT2D eigenvalue weighted by Gasteiger charge is -2.32. The van der Waals surface area contributed by atoms with Gasteiger partial charge in [0.2, 0.25) is 0 Å². The van der Waals surface area contributed by atoms with Gasteiger partial charge >= 0.3 is 0 Å². The van der Waals surface area contributed by atoms with Crippen molar-refractivity contribution in [2.75, 3.05) is 19.7 Å². The number of carbonyl (C=O) groups is 1. The summed E-state index contributed by atoms with van der Waals surface area (Å²) in [4.78, 5) is 18.9. The van der Waals surface area contributed by atoms with Crippen LogP contribution in [-0.4, -0.2) is 41.6 Å². The number of nitrogens with one attached hydrogen (secondary N) is 1. The highest BCUT2D eigenvalue weighted by Gasteiger charge is 2.27. The number of nitrogens with zero attached hydrogens (tertiary/aromatic N) is 2. The second kappa shape index (κ2) is 8.04. The van der Waals surface area contributed by atoms with Crippen LogP contribution in [0.5, 0.6) is 0 Å². The lowest BCUT2D eigenvalue weighted by molar-refractivity contribution is -0.139. The van der Waals surface area contributed by atoms with Crippen molar-refractivity contribution >= 4 is 5.91 Å². The van der Waals surface area contributed by atoms with Gasteiger partial charge in [0, 0.05) is 32.0 Å². The minimum Gasteiger partial charge on any atom is -0.366 e. The maximum absolute atomic E-state index is 12.5. The van der Waals surface area contributed by atoms with Gasteiger partial charge in [0.15, 0.2) is 0 Å². The summed E-state index contributed by atoms with van der Waals surface area (Å²) in [5.41, 5.74) is 2.24. The van der Waals surface area contributed by atoms with Gasteiger partial charge in [-0.25, -0.2) is 0 Å². The highest BCUT2D eigenvalue weighted by molar-refractivity contribution is 5.81. The minimum atomic E-state index is -0.429. The summed E-state index contributed by atoms with van der Waals surface area (Å²) in [6.07, 6.45) is 3.07. The Hall–Kier alpha value is -2.24. The number of pyridine rings is 1. The van der Waals surface area contributed by atoms with Crippen molar-refractivity contribution in [1.29, 1.82) is 0 Å². The zero-order valence-corrected chi connectivity index (χ0v) is 13.9. The van der Waals surface area contributed by atoms with Crippen molar-refractivity contribution in [1.82, 2.24) is 15.2 Å². The molecule has 0 saturated carbocycles. The standard InChI is InChI=1S/C19H23N3O2/c1-15(17-8-5-9-20-12-17)21-19(23)18-14-22(10-11-24-18)13-16-6-3-2-4-7-16/h2-9,12,15,18H,10-11,13-14H2,1H3,(H,21,23)/t15-,18-/m1/s1. The van der Waals surface area contributed by atoms with Gasteiger partial charge in [-0.15, -0.1) is 0 Å². The molecule has 2 aromatic rings. The van der Waals surface area contributed by atoms with Crippen molar-refractivity contribution in [3.63, 3.8) is 0 Å². The average Bonchev–Trinajstić information content (AvgIpc) is 2.63. The van der Waals surface area contributed by atoms with Gasteiger partial charge < -0.3 is 10.1 Å². The van der Waals surface area contributed by atoms with Crippen LogP contribution in [0.2, 0.25) is 0 Å². The third kappa shape index (κ3) is 4.40. The smallest absolute Gasteiger partial charge is 0.250 e. The fraction of sp³-hybridized carbons (Fsp3) is 0.368. The first kappa shape index (κ1) is 16.6. The summed E-state index contributed by atoms with van der Waals surface area (Å²) >= 11 is 0. The van der Waals surface area contributed by atoms with Gasteiger partial charge in [0.25, 0.3) is 5.91 Å². The van der Waals surface area contributed by atoms with E-state index in [0.717, 1.165) is 18.7 Å². The Kier molecular flexibility index (Phi) is 5.56. The third-order valence-corrected chi connectivity index (χ3v) is 4.24. The van der Waals surface area contributed by atoms with Gasteiger partial charge in [-0.2, -0.15) is 0 Å². The molecule has 1 N–H and O–H groups in total. The molecule has 24 heavy (non-hydrogen) atoms. The summed E-state index contributed by atoms with van der Waals surface area (Å²) in [5, 5.41) is 3.02. The molecule has 1 amide bonds. The van der Waals surface area contributed by atoms with Crippen LogP contribution in [0.4, 0.5) is 0 Å². The number of carbonyl (C=O) groups excluding carboxylic acids is 1. The predicted molar refractivity (Wildman–Crippen MR) is 92.3 cm³/mol. The van der Waals surface area contributed by atoms with Gasteiger partial charge in [-0.3, -0.25) is 14.7 Å². The number of morpholine rings is 1. The molecular formula is C19H23N3O2. The molecule has 5 nitrogen and oxygen atoms in total. The molecule has 1 aromatic carbocycles. The Morgan fingerprint density at radius 2 is 2.17 bits per heavy atom. The van der Waals surface area contributed by atoms with E-state index in [1.165, 1.54) is 5.56 Å². The van der Waals surface area contributed by atoms with E-state index in [9.17, 15) is 4.79 Å². The lowest BCUT2D eigenvalue weighted by atomic mass is 10.1. The maximum Gasteiger partial charge on any atom is 0.250 e. The van der Waals surface area contributed by atoms with Crippen LogP contribution >= 0.6 is 0 Å². The van der Waals surface area contributed by atoms with Crippen LogP contribution in [0.25, 0.3) is 0 Å². The lowest BCUT2D eigenvalue weighted by Crippen LogP contribution is -2.49. The fourth-order valence-corrected chi connectivity index (χ4v) is 2.87. The van der Waals surface area contributed by atoms with Crippen molar-refractivity contribution in [3.05, 3.63) is 66.0 Å². The normalized spacial score (nSPS) is 19.6. The zero-order chi connectivity index (χ0) is 16.8. The molecule has 3 rings (SSSR count). The highest BCUT2D eigenvalue weighted by Crippen LogP contribution is 2.14. The second-order valence-corrected chi connectivity index (χ2v) is 6.10. The number of aromatic nitrogens is 1. The number of amides is 1. The van der Waals surface area contributed by atoms with Crippen LogP contribution in [0, 0.1) is 0 Å². The SMILES string of the molecule is C[C@@H](NC(=O)[C@H]1CN(Cc2ccccc2)CCO1)c1cccnc1. The van der Waals surface area contributed by atoms with Crippen molar-refractivity contribution in [3.8, 4) is 0 Å². The Balaban J connectivity index is 1.55. The van der Waals surface area contributed by atoms with E-state index in [4.69, 9.17) is 4.74 Å². The molecule has 0 aliphatic carbocycles. The van der Waals surface area contributed by atoms with Crippen molar-refractivity contribution in [2.45, 2.75) is 25.6 Å². The van der Waals surface area contributed by atoms with E-state index >= 15 is 0 Å². The number of ether oxygens (including phenoxy) is 1. The Labute approximate surface area is 142 Å². The molecule has 1 saturated heterocycles. The molecule has 0 bridgehead atoms. The molecule has 1 fully saturated rings. The first-order chi connectivity index (χ1) is 11.7. The number of hydrogen-bond donors (Lipinski definition) is 1. The van der Waals surface area contributed by atoms with E-state index in [1.807, 2.05) is 37.3 Å². The largest absolute Gasteiger partial charge is 0.366 e. The molecule has 1 aliphatic heterocycles. The van der Waals surface area contributed by atoms with E-state index in [0.29, 0.717) is 13.2 Å². The first-order valence-corrected chi connectivity index (χ1v) is 8.30. The molecule has 0 radical (unpaired) electrons. The van der Waals surface area contributed by atoms with Crippen LogP contribution < -0.4 is 5.32 Å². The number of hydrogen-bond acceptors (Lipinski definition) is 4. The van der Waals surface area contributed by atoms with Crippen LogP contribution in [0.3, 0.4) is 0 Å². The summed E-state index contributed by atoms with van der Waals surface area (Å²) in [6.45, 7) is 4.83. The monoisotopic (exact) mass is 325 g/mol. The maximum atomic E-state index is 12.5. The van der Waals surface area contributed by atoms with Crippen molar-refractivity contribution < 1.29 is 9.53 Å². The van der Waals surface area contributed by atoms with E-state index in [2.05, 4.69) is 27.3 Å². The molecule has 2 heterocycles. The van der Waals surface area contributed by atoms with E-state index < -0.39 is 6.10 Å². The molecule has 5 heteroatoms. The molecule has 126 valence electrons. The average molecular weight is 325 g/mol. The highest BCUT2D eigenvalue weighted by atomic mass is 16.5. The fourth-order valence-electron chi connectivity index (χ4n) is 2.87.